The molecule has 0 spiro atoms. The second kappa shape index (κ2) is 6.85. The molecule has 4 aliphatic rings. The monoisotopic (exact) mass is 428 g/mol. The number of thiazole rings is 1. The van der Waals surface area contributed by atoms with E-state index >= 15 is 0 Å². The van der Waals surface area contributed by atoms with Gasteiger partial charge < -0.3 is 4.74 Å². The molecule has 0 unspecified atom stereocenters. The summed E-state index contributed by atoms with van der Waals surface area (Å²) < 4.78 is 7.11. The van der Waals surface area contributed by atoms with Gasteiger partial charge in [-0.15, -0.1) is 23.7 Å². The zero-order valence-corrected chi connectivity index (χ0v) is 18.1. The molecular weight excluding hydrogens is 404 g/mol. The van der Waals surface area contributed by atoms with E-state index in [4.69, 9.17) is 9.72 Å². The van der Waals surface area contributed by atoms with E-state index in [9.17, 15) is 4.79 Å². The van der Waals surface area contributed by atoms with Gasteiger partial charge in [0.25, 0.3) is 0 Å². The van der Waals surface area contributed by atoms with Crippen molar-refractivity contribution in [3.05, 3.63) is 47.1 Å². The first-order valence-electron chi connectivity index (χ1n) is 10.3. The quantitative estimate of drug-likeness (QED) is 0.499. The smallest absolute Gasteiger partial charge is 0.337 e. The fourth-order valence-electron chi connectivity index (χ4n) is 6.59. The van der Waals surface area contributed by atoms with Crippen molar-refractivity contribution in [2.24, 2.45) is 17.8 Å². The predicted molar refractivity (Wildman–Crippen MR) is 117 cm³/mol. The van der Waals surface area contributed by atoms with Crippen molar-refractivity contribution in [3.8, 4) is 11.3 Å². The Balaban J connectivity index is 0.00000181. The van der Waals surface area contributed by atoms with Gasteiger partial charge in [0, 0.05) is 22.6 Å². The Kier molecular flexibility index (Phi) is 4.52. The molecule has 4 aliphatic carbocycles. The highest BCUT2D eigenvalue weighted by atomic mass is 35.5. The van der Waals surface area contributed by atoms with Gasteiger partial charge in [-0.3, -0.25) is 4.40 Å². The van der Waals surface area contributed by atoms with Gasteiger partial charge in [-0.05, 0) is 68.4 Å². The molecule has 0 atom stereocenters. The molecule has 4 saturated carbocycles. The van der Waals surface area contributed by atoms with Crippen LogP contribution in [0.1, 0.15) is 54.6 Å². The predicted octanol–water partition coefficient (Wildman–Crippen LogP) is 5.74. The molecule has 3 aromatic rings. The van der Waals surface area contributed by atoms with Gasteiger partial charge >= 0.3 is 5.97 Å². The molecule has 0 saturated heterocycles. The van der Waals surface area contributed by atoms with Gasteiger partial charge in [0.05, 0.1) is 24.1 Å². The minimum atomic E-state index is -0.298. The lowest BCUT2D eigenvalue weighted by atomic mass is 9.49. The fourth-order valence-corrected chi connectivity index (χ4v) is 7.48. The summed E-state index contributed by atoms with van der Waals surface area (Å²) in [6, 6.07) is 7.69. The highest BCUT2D eigenvalue weighted by Gasteiger charge is 2.52. The highest BCUT2D eigenvalue weighted by molar-refractivity contribution is 7.15. The van der Waals surface area contributed by atoms with E-state index in [1.165, 1.54) is 51.3 Å². The van der Waals surface area contributed by atoms with E-state index in [1.54, 1.807) is 17.4 Å². The molecule has 2 aromatic heterocycles. The Hall–Kier alpha value is -1.85. The number of ether oxygens (including phenoxy) is 1. The van der Waals surface area contributed by atoms with Crippen molar-refractivity contribution in [3.63, 3.8) is 0 Å². The van der Waals surface area contributed by atoms with Crippen molar-refractivity contribution in [2.75, 3.05) is 7.11 Å². The number of imidazole rings is 1. The Morgan fingerprint density at radius 2 is 1.86 bits per heavy atom. The molecule has 2 heterocycles. The number of fused-ring (bicyclic) bond motifs is 1. The summed E-state index contributed by atoms with van der Waals surface area (Å²) in [5, 5.41) is 2.14. The molecule has 4 nitrogen and oxygen atoms in total. The maximum atomic E-state index is 11.9. The maximum absolute atomic E-state index is 11.9. The van der Waals surface area contributed by atoms with Gasteiger partial charge in [0.1, 0.15) is 0 Å². The van der Waals surface area contributed by atoms with Gasteiger partial charge in [-0.2, -0.15) is 0 Å². The van der Waals surface area contributed by atoms with E-state index in [1.807, 2.05) is 12.1 Å². The molecule has 29 heavy (non-hydrogen) atoms. The number of nitrogens with zero attached hydrogens (tertiary/aromatic N) is 2. The SMILES string of the molecule is COC(=O)c1cccc(-c2csc3nc(C45CC6CC(CC(C6)C4)C5)cn23)c1.Cl. The van der Waals surface area contributed by atoms with E-state index in [-0.39, 0.29) is 18.4 Å². The van der Waals surface area contributed by atoms with E-state index in [0.29, 0.717) is 11.0 Å². The summed E-state index contributed by atoms with van der Waals surface area (Å²) in [6.45, 7) is 0. The molecule has 7 rings (SSSR count). The first-order chi connectivity index (χ1) is 13.6. The molecule has 0 aliphatic heterocycles. The zero-order valence-electron chi connectivity index (χ0n) is 16.5. The third-order valence-electron chi connectivity index (χ3n) is 7.37. The lowest BCUT2D eigenvalue weighted by Crippen LogP contribution is -2.48. The Bertz CT molecular complexity index is 1050. The number of carbonyl (C=O) groups excluding carboxylic acids is 1. The second-order valence-corrected chi connectivity index (χ2v) is 10.0. The summed E-state index contributed by atoms with van der Waals surface area (Å²) >= 11 is 1.69. The number of esters is 1. The van der Waals surface area contributed by atoms with Crippen LogP contribution in [0, 0.1) is 17.8 Å². The van der Waals surface area contributed by atoms with Crippen LogP contribution in [-0.4, -0.2) is 22.5 Å². The summed E-state index contributed by atoms with van der Waals surface area (Å²) in [5.41, 5.74) is 4.34. The normalized spacial score (nSPS) is 29.8. The van der Waals surface area contributed by atoms with Crippen molar-refractivity contribution in [1.82, 2.24) is 9.38 Å². The number of benzene rings is 1. The van der Waals surface area contributed by atoms with Crippen LogP contribution in [0.2, 0.25) is 0 Å². The van der Waals surface area contributed by atoms with Crippen LogP contribution in [-0.2, 0) is 10.2 Å². The Labute approximate surface area is 180 Å². The van der Waals surface area contributed by atoms with Crippen LogP contribution in [0.5, 0.6) is 0 Å². The number of hydrogen-bond acceptors (Lipinski definition) is 4. The van der Waals surface area contributed by atoms with Gasteiger partial charge in [0.15, 0.2) is 4.96 Å². The minimum Gasteiger partial charge on any atom is -0.465 e. The minimum absolute atomic E-state index is 0. The van der Waals surface area contributed by atoms with Crippen LogP contribution in [0.3, 0.4) is 0 Å². The van der Waals surface area contributed by atoms with Crippen LogP contribution in [0.4, 0.5) is 0 Å². The van der Waals surface area contributed by atoms with Crippen LogP contribution in [0.25, 0.3) is 16.2 Å². The molecule has 152 valence electrons. The lowest BCUT2D eigenvalue weighted by molar-refractivity contribution is -0.00696. The molecular formula is C23H25ClN2O2S. The number of hydrogen-bond donors (Lipinski definition) is 0. The molecule has 0 N–H and O–H groups in total. The number of halogens is 1. The average Bonchev–Trinajstić information content (AvgIpc) is 3.28. The molecule has 0 radical (unpaired) electrons. The van der Waals surface area contributed by atoms with Gasteiger partial charge in [0.2, 0.25) is 0 Å². The summed E-state index contributed by atoms with van der Waals surface area (Å²) in [7, 11) is 1.42. The van der Waals surface area contributed by atoms with Crippen LogP contribution in [0.15, 0.2) is 35.8 Å². The molecule has 4 fully saturated rings. The van der Waals surface area contributed by atoms with Crippen LogP contribution >= 0.6 is 23.7 Å². The first kappa shape index (κ1) is 19.1. The highest BCUT2D eigenvalue weighted by Crippen LogP contribution is 2.60. The standard InChI is InChI=1S/C23H24N2O2S.ClH/c1-27-21(26)18-4-2-3-17(8-18)19-13-28-22-24-20(12-25(19)22)23-9-14-5-15(10-23)7-16(6-14)11-23;/h2-4,8,12-16H,5-7,9-11H2,1H3;1H. The number of aromatic nitrogens is 2. The Morgan fingerprint density at radius 3 is 2.52 bits per heavy atom. The third-order valence-corrected chi connectivity index (χ3v) is 8.21. The summed E-state index contributed by atoms with van der Waals surface area (Å²) in [6.07, 6.45) is 10.6. The Morgan fingerprint density at radius 1 is 1.17 bits per heavy atom. The molecule has 0 amide bonds. The lowest BCUT2D eigenvalue weighted by Gasteiger charge is -2.56. The van der Waals surface area contributed by atoms with E-state index in [0.717, 1.165) is 34.0 Å². The van der Waals surface area contributed by atoms with Crippen molar-refractivity contribution in [2.45, 2.75) is 43.9 Å². The van der Waals surface area contributed by atoms with Crippen molar-refractivity contribution in [1.29, 1.82) is 0 Å². The number of methoxy groups -OCH3 is 1. The topological polar surface area (TPSA) is 43.6 Å². The van der Waals surface area contributed by atoms with E-state index in [2.05, 4.69) is 22.0 Å². The fraction of sp³-hybridized carbons (Fsp3) is 0.478. The summed E-state index contributed by atoms with van der Waals surface area (Å²) in [4.78, 5) is 18.1. The molecule has 4 bridgehead atoms. The van der Waals surface area contributed by atoms with Crippen LogP contribution < -0.4 is 0 Å². The van der Waals surface area contributed by atoms with Crippen molar-refractivity contribution >= 4 is 34.7 Å². The van der Waals surface area contributed by atoms with Gasteiger partial charge in [-0.1, -0.05) is 12.1 Å². The van der Waals surface area contributed by atoms with Gasteiger partial charge in [-0.25, -0.2) is 9.78 Å². The maximum Gasteiger partial charge on any atom is 0.337 e. The second-order valence-electron chi connectivity index (χ2n) is 9.17. The number of rotatable bonds is 3. The third kappa shape index (κ3) is 2.93. The molecule has 6 heteroatoms. The number of carbonyl (C=O) groups is 1. The first-order valence-corrected chi connectivity index (χ1v) is 11.2. The zero-order chi connectivity index (χ0) is 18.9. The average molecular weight is 429 g/mol. The van der Waals surface area contributed by atoms with Crippen molar-refractivity contribution < 1.29 is 9.53 Å². The van der Waals surface area contributed by atoms with E-state index < -0.39 is 0 Å². The largest absolute Gasteiger partial charge is 0.465 e. The molecule has 1 aromatic carbocycles. The summed E-state index contributed by atoms with van der Waals surface area (Å²) in [5.74, 6) is 2.46.